The summed E-state index contributed by atoms with van der Waals surface area (Å²) in [6.45, 7) is -1.20. The molecule has 0 aliphatic carbocycles. The molecule has 9 heteroatoms. The number of hydrogen-bond donors (Lipinski definition) is 3. The van der Waals surface area contributed by atoms with E-state index in [0.29, 0.717) is 5.03 Å². The standard InChI is InChI=1S/C5H7FN4O3S/c6-2-13-8-4(5(11)12)10-1-3(7)14-9-10/h1,9H,2,7H2,(H,11,12). The molecule has 0 saturated carbocycles. The Morgan fingerprint density at radius 3 is 3.07 bits per heavy atom. The maximum Gasteiger partial charge on any atom is 0.377 e. The summed E-state index contributed by atoms with van der Waals surface area (Å²) in [7, 11) is 0. The van der Waals surface area contributed by atoms with Gasteiger partial charge in [-0.15, -0.1) is 0 Å². The molecule has 1 heterocycles. The lowest BCUT2D eigenvalue weighted by molar-refractivity contribution is -0.130. The first-order valence-electron chi connectivity index (χ1n) is 3.33. The Morgan fingerprint density at radius 1 is 1.93 bits per heavy atom. The summed E-state index contributed by atoms with van der Waals surface area (Å²) in [5.41, 5.74) is 5.35. The molecule has 0 radical (unpaired) electrons. The Hall–Kier alpha value is -1.48. The number of nitrogens with one attached hydrogen (secondary N) is 1. The topological polar surface area (TPSA) is 100 Å². The molecule has 7 nitrogen and oxygen atoms in total. The summed E-state index contributed by atoms with van der Waals surface area (Å²) in [4.78, 5) is 17.1. The van der Waals surface area contributed by atoms with Gasteiger partial charge in [0.05, 0.1) is 6.20 Å². The average Bonchev–Trinajstić information content (AvgIpc) is 2.52. The van der Waals surface area contributed by atoms with Crippen molar-refractivity contribution in [3.05, 3.63) is 11.2 Å². The zero-order valence-corrected chi connectivity index (χ0v) is 7.62. The van der Waals surface area contributed by atoms with Crippen molar-refractivity contribution < 1.29 is 19.1 Å². The molecule has 1 aliphatic heterocycles. The van der Waals surface area contributed by atoms with Gasteiger partial charge in [-0.3, -0.25) is 0 Å². The molecule has 0 aromatic heterocycles. The maximum absolute atomic E-state index is 11.6. The third kappa shape index (κ3) is 2.50. The Morgan fingerprint density at radius 2 is 2.64 bits per heavy atom. The van der Waals surface area contributed by atoms with Crippen molar-refractivity contribution in [1.82, 2.24) is 9.84 Å². The Labute approximate surface area is 82.5 Å². The zero-order chi connectivity index (χ0) is 10.6. The van der Waals surface area contributed by atoms with Gasteiger partial charge in [0, 0.05) is 0 Å². The van der Waals surface area contributed by atoms with Crippen LogP contribution in [0.15, 0.2) is 16.4 Å². The third-order valence-corrected chi connectivity index (χ3v) is 1.77. The van der Waals surface area contributed by atoms with E-state index in [1.54, 1.807) is 0 Å². The second-order valence-corrected chi connectivity index (χ2v) is 2.91. The van der Waals surface area contributed by atoms with Crippen LogP contribution in [0.1, 0.15) is 0 Å². The smallest absolute Gasteiger partial charge is 0.377 e. The lowest BCUT2D eigenvalue weighted by Gasteiger charge is -2.11. The molecule has 0 bridgehead atoms. The lowest BCUT2D eigenvalue weighted by Crippen LogP contribution is -2.37. The first-order valence-corrected chi connectivity index (χ1v) is 4.15. The van der Waals surface area contributed by atoms with E-state index in [9.17, 15) is 9.18 Å². The number of aliphatic carboxylic acids is 1. The predicted molar refractivity (Wildman–Crippen MR) is 47.0 cm³/mol. The number of halogens is 1. The van der Waals surface area contributed by atoms with Gasteiger partial charge in [-0.25, -0.2) is 14.2 Å². The molecule has 0 fully saturated rings. The highest BCUT2D eigenvalue weighted by atomic mass is 32.2. The number of carboxylic acids is 1. The average molecular weight is 222 g/mol. The van der Waals surface area contributed by atoms with Crippen molar-refractivity contribution in [3.8, 4) is 0 Å². The molecule has 0 spiro atoms. The normalized spacial score (nSPS) is 16.8. The van der Waals surface area contributed by atoms with Crippen molar-refractivity contribution in [2.75, 3.05) is 6.86 Å². The van der Waals surface area contributed by atoms with Crippen molar-refractivity contribution >= 4 is 23.8 Å². The molecule has 14 heavy (non-hydrogen) atoms. The summed E-state index contributed by atoms with van der Waals surface area (Å²) in [5.74, 6) is -1.87. The van der Waals surface area contributed by atoms with Gasteiger partial charge in [0.1, 0.15) is 5.03 Å². The van der Waals surface area contributed by atoms with Crippen molar-refractivity contribution in [3.63, 3.8) is 0 Å². The van der Waals surface area contributed by atoms with Gasteiger partial charge in [0.25, 0.3) is 12.7 Å². The van der Waals surface area contributed by atoms with Crippen LogP contribution in [0.25, 0.3) is 0 Å². The van der Waals surface area contributed by atoms with E-state index in [4.69, 9.17) is 10.8 Å². The minimum absolute atomic E-state index is 0.360. The Balaban J connectivity index is 2.73. The number of carbonyl (C=O) groups is 1. The first kappa shape index (κ1) is 10.6. The number of rotatable bonds is 2. The van der Waals surface area contributed by atoms with Crippen LogP contribution in [0.5, 0.6) is 0 Å². The summed E-state index contributed by atoms with van der Waals surface area (Å²) < 4.78 is 11.6. The first-order chi connectivity index (χ1) is 6.65. The number of amidine groups is 1. The molecule has 0 aromatic carbocycles. The molecule has 0 unspecified atom stereocenters. The van der Waals surface area contributed by atoms with Crippen LogP contribution < -0.4 is 10.6 Å². The van der Waals surface area contributed by atoms with Gasteiger partial charge in [-0.05, 0) is 11.9 Å². The highest BCUT2D eigenvalue weighted by molar-refractivity contribution is 8.01. The number of nitrogens with zero attached hydrogens (tertiary/aromatic N) is 2. The molecule has 0 saturated heterocycles. The maximum atomic E-state index is 11.6. The van der Waals surface area contributed by atoms with Gasteiger partial charge in [0.2, 0.25) is 0 Å². The molecule has 0 aromatic rings. The van der Waals surface area contributed by atoms with E-state index >= 15 is 0 Å². The van der Waals surface area contributed by atoms with Gasteiger partial charge in [-0.2, -0.15) is 4.83 Å². The predicted octanol–water partition coefficient (Wildman–Crippen LogP) is -0.446. The van der Waals surface area contributed by atoms with Crippen LogP contribution in [-0.4, -0.2) is 28.8 Å². The summed E-state index contributed by atoms with van der Waals surface area (Å²) in [6.07, 6.45) is 1.29. The van der Waals surface area contributed by atoms with Crippen LogP contribution >= 0.6 is 11.9 Å². The van der Waals surface area contributed by atoms with Gasteiger partial charge in [0.15, 0.2) is 0 Å². The minimum atomic E-state index is -1.36. The van der Waals surface area contributed by atoms with Crippen LogP contribution in [0.3, 0.4) is 0 Å². The Kier molecular flexibility index (Phi) is 3.54. The largest absolute Gasteiger partial charge is 0.475 e. The van der Waals surface area contributed by atoms with E-state index in [0.717, 1.165) is 17.0 Å². The van der Waals surface area contributed by atoms with Gasteiger partial charge in [-0.1, -0.05) is 5.16 Å². The SMILES string of the molecule is NC1=CN(C(=NOCF)C(=O)O)NS1. The van der Waals surface area contributed by atoms with Crippen LogP contribution in [0.4, 0.5) is 4.39 Å². The zero-order valence-electron chi connectivity index (χ0n) is 6.81. The van der Waals surface area contributed by atoms with Crippen molar-refractivity contribution in [1.29, 1.82) is 0 Å². The monoisotopic (exact) mass is 222 g/mol. The van der Waals surface area contributed by atoms with E-state index in [-0.39, 0.29) is 0 Å². The summed E-state index contributed by atoms with van der Waals surface area (Å²) in [5, 5.41) is 13.1. The number of carboxylic acid groups (broad SMARTS) is 1. The molecule has 1 aliphatic rings. The molecule has 4 N–H and O–H groups in total. The number of oxime groups is 1. The van der Waals surface area contributed by atoms with E-state index in [2.05, 4.69) is 14.8 Å². The third-order valence-electron chi connectivity index (χ3n) is 1.14. The second kappa shape index (κ2) is 4.67. The summed E-state index contributed by atoms with van der Waals surface area (Å²) >= 11 is 1.01. The van der Waals surface area contributed by atoms with Crippen LogP contribution in [0, 0.1) is 0 Å². The summed E-state index contributed by atoms with van der Waals surface area (Å²) in [6, 6.07) is 0. The Bertz CT molecular complexity index is 295. The fraction of sp³-hybridized carbons (Fsp3) is 0.200. The van der Waals surface area contributed by atoms with Gasteiger partial charge >= 0.3 is 5.97 Å². The van der Waals surface area contributed by atoms with Gasteiger partial charge < -0.3 is 15.7 Å². The highest BCUT2D eigenvalue weighted by Gasteiger charge is 2.22. The molecule has 0 amide bonds. The highest BCUT2D eigenvalue weighted by Crippen LogP contribution is 2.14. The number of hydrogen-bond acceptors (Lipinski definition) is 6. The molecular weight excluding hydrogens is 215 g/mol. The fourth-order valence-electron chi connectivity index (χ4n) is 0.658. The molecule has 1 rings (SSSR count). The number of alkyl halides is 1. The molecule has 0 atom stereocenters. The van der Waals surface area contributed by atoms with E-state index in [1.165, 1.54) is 6.20 Å². The second-order valence-electron chi connectivity index (χ2n) is 2.05. The lowest BCUT2D eigenvalue weighted by atomic mass is 10.6. The molecular formula is C5H7FN4O3S. The van der Waals surface area contributed by atoms with Crippen LogP contribution in [0.2, 0.25) is 0 Å². The number of hydrazine groups is 1. The fourth-order valence-corrected chi connectivity index (χ4v) is 1.16. The van der Waals surface area contributed by atoms with E-state index in [1.807, 2.05) is 0 Å². The minimum Gasteiger partial charge on any atom is -0.475 e. The van der Waals surface area contributed by atoms with Crippen molar-refractivity contribution in [2.45, 2.75) is 0 Å². The van der Waals surface area contributed by atoms with Crippen LogP contribution in [-0.2, 0) is 9.63 Å². The van der Waals surface area contributed by atoms with E-state index < -0.39 is 18.7 Å². The number of nitrogens with two attached hydrogens (primary N) is 1. The quantitative estimate of drug-likeness (QED) is 0.252. The molecule has 78 valence electrons. The van der Waals surface area contributed by atoms with Crippen molar-refractivity contribution in [2.24, 2.45) is 10.9 Å².